The maximum atomic E-state index is 12.1. The standard InChI is InChI=1S/C16H20N4O2S/c1-4-9-20-14(10-22-3)18-19-16(20)23-11-15(21)17-13-8-6-5-7-12(13)2/h4-8H,1,9-11H2,2-3H3,(H,17,21). The van der Waals surface area contributed by atoms with Crippen molar-refractivity contribution in [2.75, 3.05) is 18.2 Å². The molecule has 0 saturated heterocycles. The number of ether oxygens (including phenoxy) is 1. The number of hydrogen-bond donors (Lipinski definition) is 1. The zero-order valence-corrected chi connectivity index (χ0v) is 14.1. The van der Waals surface area contributed by atoms with Crippen molar-refractivity contribution in [2.45, 2.75) is 25.2 Å². The van der Waals surface area contributed by atoms with Gasteiger partial charge < -0.3 is 14.6 Å². The van der Waals surface area contributed by atoms with E-state index in [1.807, 2.05) is 35.8 Å². The van der Waals surface area contributed by atoms with E-state index in [1.165, 1.54) is 11.8 Å². The third-order valence-corrected chi connectivity index (χ3v) is 4.10. The molecule has 2 rings (SSSR count). The fourth-order valence-corrected chi connectivity index (χ4v) is 2.77. The van der Waals surface area contributed by atoms with Crippen molar-refractivity contribution in [3.8, 4) is 0 Å². The minimum Gasteiger partial charge on any atom is -0.377 e. The number of allylic oxidation sites excluding steroid dienone is 1. The van der Waals surface area contributed by atoms with Crippen molar-refractivity contribution < 1.29 is 9.53 Å². The van der Waals surface area contributed by atoms with Crippen molar-refractivity contribution in [1.82, 2.24) is 14.8 Å². The molecule has 1 aromatic carbocycles. The Labute approximate surface area is 139 Å². The smallest absolute Gasteiger partial charge is 0.234 e. The lowest BCUT2D eigenvalue weighted by molar-refractivity contribution is -0.113. The summed E-state index contributed by atoms with van der Waals surface area (Å²) in [7, 11) is 1.61. The average Bonchev–Trinajstić information content (AvgIpc) is 2.91. The molecule has 1 heterocycles. The van der Waals surface area contributed by atoms with Crippen LogP contribution in [0.15, 0.2) is 42.1 Å². The molecule has 23 heavy (non-hydrogen) atoms. The van der Waals surface area contributed by atoms with Gasteiger partial charge in [-0.3, -0.25) is 4.79 Å². The van der Waals surface area contributed by atoms with Crippen LogP contribution >= 0.6 is 11.8 Å². The van der Waals surface area contributed by atoms with Crippen LogP contribution in [0.3, 0.4) is 0 Å². The van der Waals surface area contributed by atoms with Gasteiger partial charge in [0, 0.05) is 19.3 Å². The second-order valence-electron chi connectivity index (χ2n) is 4.88. The number of para-hydroxylation sites is 1. The number of rotatable bonds is 8. The van der Waals surface area contributed by atoms with Gasteiger partial charge >= 0.3 is 0 Å². The fourth-order valence-electron chi connectivity index (χ4n) is 2.00. The molecule has 6 nitrogen and oxygen atoms in total. The Morgan fingerprint density at radius 2 is 2.22 bits per heavy atom. The molecule has 1 amide bonds. The van der Waals surface area contributed by atoms with Crippen LogP contribution in [0.5, 0.6) is 0 Å². The number of nitrogens with one attached hydrogen (secondary N) is 1. The number of carbonyl (C=O) groups excluding carboxylic acids is 1. The third-order valence-electron chi connectivity index (χ3n) is 3.13. The van der Waals surface area contributed by atoms with Crippen molar-refractivity contribution in [1.29, 1.82) is 0 Å². The number of aromatic nitrogens is 3. The van der Waals surface area contributed by atoms with Gasteiger partial charge in [-0.15, -0.1) is 16.8 Å². The molecule has 7 heteroatoms. The van der Waals surface area contributed by atoms with Crippen LogP contribution in [-0.4, -0.2) is 33.5 Å². The Balaban J connectivity index is 1.99. The predicted molar refractivity (Wildman–Crippen MR) is 91.5 cm³/mol. The maximum Gasteiger partial charge on any atom is 0.234 e. The lowest BCUT2D eigenvalue weighted by atomic mass is 10.2. The fraction of sp³-hybridized carbons (Fsp3) is 0.312. The molecule has 0 aliphatic heterocycles. The topological polar surface area (TPSA) is 69.0 Å². The summed E-state index contributed by atoms with van der Waals surface area (Å²) in [5.74, 6) is 0.899. The second-order valence-corrected chi connectivity index (χ2v) is 5.83. The number of aryl methyl sites for hydroxylation is 1. The highest BCUT2D eigenvalue weighted by Crippen LogP contribution is 2.19. The molecular formula is C16H20N4O2S. The third kappa shape index (κ3) is 4.67. The van der Waals surface area contributed by atoms with Gasteiger partial charge in [-0.05, 0) is 18.6 Å². The lowest BCUT2D eigenvalue weighted by Gasteiger charge is -2.09. The first-order chi connectivity index (χ1) is 11.2. The van der Waals surface area contributed by atoms with Gasteiger partial charge in [-0.2, -0.15) is 0 Å². The van der Waals surface area contributed by atoms with Gasteiger partial charge in [0.2, 0.25) is 5.91 Å². The highest BCUT2D eigenvalue weighted by molar-refractivity contribution is 7.99. The van der Waals surface area contributed by atoms with E-state index in [0.29, 0.717) is 24.1 Å². The van der Waals surface area contributed by atoms with E-state index < -0.39 is 0 Å². The van der Waals surface area contributed by atoms with E-state index in [1.54, 1.807) is 13.2 Å². The van der Waals surface area contributed by atoms with Crippen molar-refractivity contribution in [3.05, 3.63) is 48.3 Å². The lowest BCUT2D eigenvalue weighted by Crippen LogP contribution is -2.15. The van der Waals surface area contributed by atoms with Crippen LogP contribution < -0.4 is 5.32 Å². The molecule has 0 fully saturated rings. The van der Waals surface area contributed by atoms with E-state index in [9.17, 15) is 4.79 Å². The highest BCUT2D eigenvalue weighted by Gasteiger charge is 2.13. The number of hydrogen-bond acceptors (Lipinski definition) is 5. The van der Waals surface area contributed by atoms with Crippen molar-refractivity contribution in [3.63, 3.8) is 0 Å². The molecule has 0 unspecified atom stereocenters. The molecule has 0 radical (unpaired) electrons. The number of thioether (sulfide) groups is 1. The Hall–Kier alpha value is -2.12. The quantitative estimate of drug-likeness (QED) is 0.594. The van der Waals surface area contributed by atoms with Crippen LogP contribution in [0.1, 0.15) is 11.4 Å². The van der Waals surface area contributed by atoms with Gasteiger partial charge in [-0.25, -0.2) is 0 Å². The Bertz CT molecular complexity index is 684. The van der Waals surface area contributed by atoms with Crippen LogP contribution in [0.25, 0.3) is 0 Å². The summed E-state index contributed by atoms with van der Waals surface area (Å²) in [5, 5.41) is 11.8. The first-order valence-corrected chi connectivity index (χ1v) is 8.14. The number of benzene rings is 1. The van der Waals surface area contributed by atoms with Crippen molar-refractivity contribution >= 4 is 23.4 Å². The van der Waals surface area contributed by atoms with E-state index in [4.69, 9.17) is 4.74 Å². The van der Waals surface area contributed by atoms with Crippen molar-refractivity contribution in [2.24, 2.45) is 0 Å². The Morgan fingerprint density at radius 1 is 1.43 bits per heavy atom. The number of amides is 1. The van der Waals surface area contributed by atoms with E-state index in [0.717, 1.165) is 11.3 Å². The summed E-state index contributed by atoms with van der Waals surface area (Å²) < 4.78 is 6.99. The van der Waals surface area contributed by atoms with Crippen LogP contribution in [0.2, 0.25) is 0 Å². The number of methoxy groups -OCH3 is 1. The SMILES string of the molecule is C=CCn1c(COC)nnc1SCC(=O)Nc1ccccc1C. The summed E-state index contributed by atoms with van der Waals surface area (Å²) >= 11 is 1.34. The summed E-state index contributed by atoms with van der Waals surface area (Å²) in [4.78, 5) is 12.1. The zero-order valence-electron chi connectivity index (χ0n) is 13.3. The summed E-state index contributed by atoms with van der Waals surface area (Å²) in [5.41, 5.74) is 1.86. The Kier molecular flexibility index (Phi) is 6.37. The maximum absolute atomic E-state index is 12.1. The summed E-state index contributed by atoms with van der Waals surface area (Å²) in [6.45, 7) is 6.64. The molecule has 1 N–H and O–H groups in total. The predicted octanol–water partition coefficient (Wildman–Crippen LogP) is 2.65. The Morgan fingerprint density at radius 3 is 2.91 bits per heavy atom. The molecular weight excluding hydrogens is 312 g/mol. The first-order valence-electron chi connectivity index (χ1n) is 7.16. The summed E-state index contributed by atoms with van der Waals surface area (Å²) in [6, 6.07) is 7.68. The van der Waals surface area contributed by atoms with Gasteiger partial charge in [0.1, 0.15) is 6.61 Å². The first kappa shape index (κ1) is 17.2. The number of carbonyl (C=O) groups is 1. The van der Waals surface area contributed by atoms with Gasteiger partial charge in [0.05, 0.1) is 5.75 Å². The molecule has 0 spiro atoms. The highest BCUT2D eigenvalue weighted by atomic mass is 32.2. The minimum atomic E-state index is -0.0780. The van der Waals surface area contributed by atoms with E-state index >= 15 is 0 Å². The molecule has 0 saturated carbocycles. The molecule has 1 aromatic heterocycles. The summed E-state index contributed by atoms with van der Waals surface area (Å²) in [6.07, 6.45) is 1.76. The minimum absolute atomic E-state index is 0.0780. The zero-order chi connectivity index (χ0) is 16.7. The van der Waals surface area contributed by atoms with Gasteiger partial charge in [0.25, 0.3) is 0 Å². The number of nitrogens with zero attached hydrogens (tertiary/aromatic N) is 3. The van der Waals surface area contributed by atoms with E-state index in [2.05, 4.69) is 22.1 Å². The van der Waals surface area contributed by atoms with Gasteiger partial charge in [-0.1, -0.05) is 36.0 Å². The van der Waals surface area contributed by atoms with Gasteiger partial charge in [0.15, 0.2) is 11.0 Å². The normalized spacial score (nSPS) is 10.5. The second kappa shape index (κ2) is 8.50. The monoisotopic (exact) mass is 332 g/mol. The van der Waals surface area contributed by atoms with Crippen LogP contribution in [0, 0.1) is 6.92 Å². The number of anilines is 1. The molecule has 0 aliphatic carbocycles. The van der Waals surface area contributed by atoms with Crippen LogP contribution in [-0.2, 0) is 22.7 Å². The molecule has 0 atom stereocenters. The van der Waals surface area contributed by atoms with E-state index in [-0.39, 0.29) is 11.7 Å². The average molecular weight is 332 g/mol. The van der Waals surface area contributed by atoms with Crippen LogP contribution in [0.4, 0.5) is 5.69 Å². The largest absolute Gasteiger partial charge is 0.377 e. The molecule has 2 aromatic rings. The molecule has 0 aliphatic rings. The molecule has 0 bridgehead atoms. The molecule has 122 valence electrons.